The van der Waals surface area contributed by atoms with Crippen LogP contribution in [0, 0.1) is 11.9 Å². The Labute approximate surface area is 222 Å². The molecule has 188 valence electrons. The van der Waals surface area contributed by atoms with Gasteiger partial charge in [-0.1, -0.05) is 50.2 Å². The lowest BCUT2D eigenvalue weighted by atomic mass is 9.81. The molecule has 0 aliphatic heterocycles. The number of para-hydroxylation sites is 1. The summed E-state index contributed by atoms with van der Waals surface area (Å²) in [5.74, 6) is -1.63. The third kappa shape index (κ3) is 3.08. The molecule has 0 N–H and O–H groups in total. The molecule has 0 unspecified atom stereocenters. The molecule has 7 aromatic rings. The Morgan fingerprint density at radius 3 is 2.21 bits per heavy atom. The second-order valence-corrected chi connectivity index (χ2v) is 10.6. The molecule has 0 saturated carbocycles. The molecule has 0 fully saturated rings. The molecule has 4 nitrogen and oxygen atoms in total. The number of fused-ring (bicyclic) bond motifs is 8. The summed E-state index contributed by atoms with van der Waals surface area (Å²) in [5.41, 5.74) is 10.6. The van der Waals surface area contributed by atoms with Crippen molar-refractivity contribution in [1.29, 1.82) is 0 Å². The Hall–Kier alpha value is -4.84. The Kier molecular flexibility index (Phi) is 4.32. The molecule has 3 aromatic carbocycles. The zero-order chi connectivity index (χ0) is 26.5. The topological polar surface area (TPSA) is 43.3 Å². The molecule has 8 rings (SSSR count). The van der Waals surface area contributed by atoms with Crippen LogP contribution in [0.3, 0.4) is 0 Å². The summed E-state index contributed by atoms with van der Waals surface area (Å²) in [5, 5.41) is 1.01. The van der Waals surface area contributed by atoms with Crippen LogP contribution in [-0.4, -0.2) is 14.4 Å². The van der Waals surface area contributed by atoms with Crippen molar-refractivity contribution in [3.63, 3.8) is 0 Å². The van der Waals surface area contributed by atoms with Gasteiger partial charge in [-0.3, -0.25) is 4.40 Å². The third-order valence-corrected chi connectivity index (χ3v) is 8.06. The maximum atomic E-state index is 14.5. The van der Waals surface area contributed by atoms with Gasteiger partial charge in [-0.15, -0.1) is 0 Å². The molecule has 0 radical (unpaired) electrons. The highest BCUT2D eigenvalue weighted by Crippen LogP contribution is 2.50. The zero-order valence-electron chi connectivity index (χ0n) is 21.2. The summed E-state index contributed by atoms with van der Waals surface area (Å²) < 4.78 is 36.0. The van der Waals surface area contributed by atoms with Crippen LogP contribution in [0.25, 0.3) is 61.2 Å². The molecular formula is C33H21F2N3O. The number of furan rings is 1. The fraction of sp³-hybridized carbons (Fsp3) is 0.0909. The van der Waals surface area contributed by atoms with Gasteiger partial charge >= 0.3 is 0 Å². The first-order valence-corrected chi connectivity index (χ1v) is 12.8. The van der Waals surface area contributed by atoms with E-state index in [0.717, 1.165) is 55.7 Å². The smallest absolute Gasteiger partial charge is 0.232 e. The van der Waals surface area contributed by atoms with Crippen molar-refractivity contribution >= 4 is 27.8 Å². The molecule has 0 spiro atoms. The molecule has 4 heterocycles. The zero-order valence-corrected chi connectivity index (χ0v) is 21.2. The number of pyridine rings is 2. The van der Waals surface area contributed by atoms with Crippen LogP contribution in [0.2, 0.25) is 0 Å². The van der Waals surface area contributed by atoms with Crippen LogP contribution in [-0.2, 0) is 5.41 Å². The van der Waals surface area contributed by atoms with Crippen LogP contribution >= 0.6 is 0 Å². The van der Waals surface area contributed by atoms with E-state index in [-0.39, 0.29) is 11.0 Å². The number of rotatable bonds is 2. The lowest BCUT2D eigenvalue weighted by Gasteiger charge is -2.22. The molecule has 4 aromatic heterocycles. The summed E-state index contributed by atoms with van der Waals surface area (Å²) >= 11 is 0. The maximum absolute atomic E-state index is 14.5. The van der Waals surface area contributed by atoms with Crippen molar-refractivity contribution < 1.29 is 13.2 Å². The van der Waals surface area contributed by atoms with Gasteiger partial charge in [-0.05, 0) is 87.5 Å². The second kappa shape index (κ2) is 7.60. The first kappa shape index (κ1) is 22.2. The fourth-order valence-corrected chi connectivity index (χ4v) is 6.03. The number of benzene rings is 3. The van der Waals surface area contributed by atoms with E-state index in [4.69, 9.17) is 9.40 Å². The van der Waals surface area contributed by atoms with Gasteiger partial charge in [0, 0.05) is 22.6 Å². The highest BCUT2D eigenvalue weighted by atomic mass is 19.1. The van der Waals surface area contributed by atoms with E-state index >= 15 is 0 Å². The largest absolute Gasteiger partial charge is 0.437 e. The number of hydrogen-bond donors (Lipinski definition) is 0. The normalized spacial score (nSPS) is 13.8. The Balaban J connectivity index is 1.24. The van der Waals surface area contributed by atoms with Crippen molar-refractivity contribution in [3.05, 3.63) is 114 Å². The van der Waals surface area contributed by atoms with Gasteiger partial charge < -0.3 is 4.42 Å². The Morgan fingerprint density at radius 1 is 0.718 bits per heavy atom. The molecular weight excluding hydrogens is 492 g/mol. The molecule has 6 heteroatoms. The minimum absolute atomic E-state index is 0.289. The lowest BCUT2D eigenvalue weighted by molar-refractivity contribution is 0.515. The van der Waals surface area contributed by atoms with E-state index < -0.39 is 11.9 Å². The Bertz CT molecular complexity index is 2140. The van der Waals surface area contributed by atoms with Crippen molar-refractivity contribution in [3.8, 4) is 33.4 Å². The summed E-state index contributed by atoms with van der Waals surface area (Å²) in [4.78, 5) is 8.17. The molecule has 1 aliphatic rings. The first-order valence-electron chi connectivity index (χ1n) is 12.8. The average Bonchev–Trinajstić information content (AvgIpc) is 3.55. The average molecular weight is 514 g/mol. The van der Waals surface area contributed by atoms with Crippen molar-refractivity contribution in [2.24, 2.45) is 0 Å². The fourth-order valence-electron chi connectivity index (χ4n) is 6.03. The van der Waals surface area contributed by atoms with Crippen molar-refractivity contribution in [2.45, 2.75) is 19.3 Å². The lowest BCUT2D eigenvalue weighted by Crippen LogP contribution is -2.15. The quantitative estimate of drug-likeness (QED) is 0.218. The molecule has 1 aliphatic carbocycles. The van der Waals surface area contributed by atoms with Crippen LogP contribution in [0.1, 0.15) is 25.0 Å². The minimum Gasteiger partial charge on any atom is -0.437 e. The van der Waals surface area contributed by atoms with Crippen LogP contribution in [0.15, 0.2) is 95.5 Å². The van der Waals surface area contributed by atoms with Gasteiger partial charge in [0.15, 0.2) is 0 Å². The van der Waals surface area contributed by atoms with Gasteiger partial charge in [-0.2, -0.15) is 13.8 Å². The standard InChI is InChI=1S/C33H21F2N3O/c1-33(2)25-15-18(20-9-14-29-37-30-24-5-3-4-6-27(24)39-32(30)38(29)17-20)7-10-22(25)23-11-8-19(16-26(23)33)21-12-13-28(34)36-31(21)35/h3-17H,1-2H3. The van der Waals surface area contributed by atoms with Crippen molar-refractivity contribution in [2.75, 3.05) is 0 Å². The SMILES string of the molecule is CC1(C)c2cc(-c3ccc4nc5c6ccccc6oc5n4c3)ccc2-c2ccc(-c3ccc(F)nc3F)cc21. The summed E-state index contributed by atoms with van der Waals surface area (Å²) in [6, 6.07) is 27.1. The van der Waals surface area contributed by atoms with E-state index in [9.17, 15) is 8.78 Å². The van der Waals surface area contributed by atoms with E-state index in [0.29, 0.717) is 5.56 Å². The predicted molar refractivity (Wildman–Crippen MR) is 149 cm³/mol. The molecule has 0 amide bonds. The maximum Gasteiger partial charge on any atom is 0.232 e. The van der Waals surface area contributed by atoms with Gasteiger partial charge in [0.05, 0.1) is 0 Å². The van der Waals surface area contributed by atoms with Crippen LogP contribution in [0.4, 0.5) is 8.78 Å². The summed E-state index contributed by atoms with van der Waals surface area (Å²) in [6.07, 6.45) is 2.08. The minimum atomic E-state index is -0.826. The molecule has 39 heavy (non-hydrogen) atoms. The highest BCUT2D eigenvalue weighted by molar-refractivity contribution is 6.03. The van der Waals surface area contributed by atoms with Gasteiger partial charge in [0.2, 0.25) is 17.6 Å². The highest BCUT2D eigenvalue weighted by Gasteiger charge is 2.36. The molecule has 0 bridgehead atoms. The van der Waals surface area contributed by atoms with Crippen LogP contribution < -0.4 is 0 Å². The van der Waals surface area contributed by atoms with Gasteiger partial charge in [-0.25, -0.2) is 4.98 Å². The van der Waals surface area contributed by atoms with E-state index in [1.807, 2.05) is 52.9 Å². The third-order valence-electron chi connectivity index (χ3n) is 8.06. The van der Waals surface area contributed by atoms with E-state index in [1.165, 1.54) is 17.7 Å². The van der Waals surface area contributed by atoms with Crippen molar-refractivity contribution in [1.82, 2.24) is 14.4 Å². The van der Waals surface area contributed by atoms with E-state index in [1.54, 1.807) is 0 Å². The second-order valence-electron chi connectivity index (χ2n) is 10.6. The number of hydrogen-bond acceptors (Lipinski definition) is 3. The predicted octanol–water partition coefficient (Wildman–Crippen LogP) is 8.55. The summed E-state index contributed by atoms with van der Waals surface area (Å²) in [6.45, 7) is 4.36. The van der Waals surface area contributed by atoms with Gasteiger partial charge in [0.1, 0.15) is 16.7 Å². The number of aromatic nitrogens is 3. The number of halogens is 2. The van der Waals surface area contributed by atoms with E-state index in [2.05, 4.69) is 49.3 Å². The molecule has 0 saturated heterocycles. The van der Waals surface area contributed by atoms with Gasteiger partial charge in [0.25, 0.3) is 0 Å². The molecule has 0 atom stereocenters. The number of nitrogens with zero attached hydrogens (tertiary/aromatic N) is 3. The first-order chi connectivity index (χ1) is 18.9. The van der Waals surface area contributed by atoms with Crippen LogP contribution in [0.5, 0.6) is 0 Å². The monoisotopic (exact) mass is 513 g/mol. The summed E-state index contributed by atoms with van der Waals surface area (Å²) in [7, 11) is 0. The Morgan fingerprint density at radius 2 is 1.41 bits per heavy atom. The number of imidazole rings is 1.